The zero-order chi connectivity index (χ0) is 19.8. The van der Waals surface area contributed by atoms with Gasteiger partial charge in [-0.1, -0.05) is 18.2 Å². The number of likely N-dealkylation sites (tertiary alicyclic amines) is 1. The Morgan fingerprint density at radius 3 is 2.44 bits per heavy atom. The molecule has 2 aliphatic rings. The third-order valence-corrected chi connectivity index (χ3v) is 5.81. The SMILES string of the molecule is COc1ccccc1C(CN1CCC(O)C1)=C(F)B1OC(C)(C)C(C)(C)O1. The molecule has 148 valence electrons. The normalized spacial score (nSPS) is 25.6. The van der Waals surface area contributed by atoms with E-state index in [-0.39, 0.29) is 6.10 Å². The first-order chi connectivity index (χ1) is 12.6. The molecule has 0 aliphatic carbocycles. The molecule has 0 aromatic heterocycles. The van der Waals surface area contributed by atoms with Crippen molar-refractivity contribution in [1.82, 2.24) is 4.90 Å². The number of halogens is 1. The summed E-state index contributed by atoms with van der Waals surface area (Å²) in [4.78, 5) is 2.04. The van der Waals surface area contributed by atoms with E-state index in [0.29, 0.717) is 36.4 Å². The summed E-state index contributed by atoms with van der Waals surface area (Å²) in [7, 11) is 0.505. The van der Waals surface area contributed by atoms with E-state index in [1.54, 1.807) is 7.11 Å². The fourth-order valence-corrected chi connectivity index (χ4v) is 3.45. The fourth-order valence-electron chi connectivity index (χ4n) is 3.45. The largest absolute Gasteiger partial charge is 0.525 e. The third-order valence-electron chi connectivity index (χ3n) is 5.81. The molecular formula is C20H29BFNO4. The summed E-state index contributed by atoms with van der Waals surface area (Å²) in [6.07, 6.45) is 0.320. The minimum atomic E-state index is -1.07. The van der Waals surface area contributed by atoms with Crippen molar-refractivity contribution < 1.29 is 23.5 Å². The summed E-state index contributed by atoms with van der Waals surface area (Å²) in [6, 6.07) is 7.36. The van der Waals surface area contributed by atoms with Crippen molar-refractivity contribution >= 4 is 12.7 Å². The summed E-state index contributed by atoms with van der Waals surface area (Å²) >= 11 is 0. The van der Waals surface area contributed by atoms with Gasteiger partial charge in [0.05, 0.1) is 24.4 Å². The van der Waals surface area contributed by atoms with Gasteiger partial charge in [-0.15, -0.1) is 0 Å². The standard InChI is InChI=1S/C20H29BFNO4/c1-19(2)20(3,4)27-21(26-19)18(22)16(13-23-11-10-14(24)12-23)15-8-6-7-9-17(15)25-5/h6-9,14,24H,10-13H2,1-5H3. The number of benzene rings is 1. The number of aliphatic hydroxyl groups excluding tert-OH is 1. The number of nitrogens with zero attached hydrogens (tertiary/aromatic N) is 1. The highest BCUT2D eigenvalue weighted by Crippen LogP contribution is 2.41. The monoisotopic (exact) mass is 377 g/mol. The topological polar surface area (TPSA) is 51.2 Å². The number of ether oxygens (including phenoxy) is 1. The van der Waals surface area contributed by atoms with Gasteiger partial charge in [-0.2, -0.15) is 0 Å². The van der Waals surface area contributed by atoms with Crippen LogP contribution in [0.2, 0.25) is 0 Å². The van der Waals surface area contributed by atoms with Gasteiger partial charge in [-0.3, -0.25) is 4.90 Å². The molecule has 0 bridgehead atoms. The molecule has 1 unspecified atom stereocenters. The van der Waals surface area contributed by atoms with E-state index in [4.69, 9.17) is 14.0 Å². The summed E-state index contributed by atoms with van der Waals surface area (Å²) in [6.45, 7) is 9.21. The molecule has 5 nitrogen and oxygen atoms in total. The summed E-state index contributed by atoms with van der Waals surface area (Å²) in [5.74, 6) is 0.596. The van der Waals surface area contributed by atoms with Gasteiger partial charge in [0.25, 0.3) is 0 Å². The Labute approximate surface area is 161 Å². The van der Waals surface area contributed by atoms with Crippen molar-refractivity contribution in [3.63, 3.8) is 0 Å². The molecule has 0 saturated carbocycles. The predicted octanol–water partition coefficient (Wildman–Crippen LogP) is 3.07. The highest BCUT2D eigenvalue weighted by molar-refractivity contribution is 6.55. The molecular weight excluding hydrogens is 348 g/mol. The zero-order valence-electron chi connectivity index (χ0n) is 16.8. The lowest BCUT2D eigenvalue weighted by Crippen LogP contribution is -2.41. The minimum absolute atomic E-state index is 0.355. The first kappa shape index (κ1) is 20.3. The lowest BCUT2D eigenvalue weighted by molar-refractivity contribution is 0.00578. The molecule has 3 rings (SSSR count). The fraction of sp³-hybridized carbons (Fsp3) is 0.600. The molecule has 7 heteroatoms. The Morgan fingerprint density at radius 1 is 1.26 bits per heavy atom. The smallest absolute Gasteiger partial charge is 0.496 e. The molecule has 0 radical (unpaired) electrons. The number of methoxy groups -OCH3 is 1. The average molecular weight is 377 g/mol. The second kappa shape index (κ2) is 7.55. The lowest BCUT2D eigenvalue weighted by atomic mass is 9.82. The summed E-state index contributed by atoms with van der Waals surface area (Å²) in [5.41, 5.74) is -0.539. The molecule has 1 aromatic rings. The number of β-amino-alcohol motifs (C(OH)–C–C–N with tert-alkyl or cyclic N) is 1. The van der Waals surface area contributed by atoms with E-state index < -0.39 is 24.0 Å². The van der Waals surface area contributed by atoms with Gasteiger partial charge in [-0.25, -0.2) is 4.39 Å². The zero-order valence-corrected chi connectivity index (χ0v) is 16.8. The second-order valence-corrected chi connectivity index (χ2v) is 8.29. The number of hydrogen-bond donors (Lipinski definition) is 1. The van der Waals surface area contributed by atoms with Gasteiger partial charge in [0.15, 0.2) is 0 Å². The van der Waals surface area contributed by atoms with Crippen molar-refractivity contribution in [1.29, 1.82) is 0 Å². The van der Waals surface area contributed by atoms with Gasteiger partial charge in [0.2, 0.25) is 0 Å². The predicted molar refractivity (Wildman–Crippen MR) is 104 cm³/mol. The van der Waals surface area contributed by atoms with E-state index in [1.165, 1.54) is 0 Å². The van der Waals surface area contributed by atoms with Crippen LogP contribution in [0.1, 0.15) is 39.7 Å². The lowest BCUT2D eigenvalue weighted by Gasteiger charge is -2.32. The molecule has 1 aromatic carbocycles. The van der Waals surface area contributed by atoms with Gasteiger partial charge in [0, 0.05) is 30.8 Å². The van der Waals surface area contributed by atoms with E-state index in [0.717, 1.165) is 6.54 Å². The highest BCUT2D eigenvalue weighted by Gasteiger charge is 2.53. The second-order valence-electron chi connectivity index (χ2n) is 8.29. The Kier molecular flexibility index (Phi) is 5.68. The van der Waals surface area contributed by atoms with Crippen molar-refractivity contribution in [2.24, 2.45) is 0 Å². The van der Waals surface area contributed by atoms with Crippen molar-refractivity contribution in [3.8, 4) is 5.75 Å². The molecule has 0 amide bonds. The van der Waals surface area contributed by atoms with Crippen molar-refractivity contribution in [3.05, 3.63) is 35.6 Å². The van der Waals surface area contributed by atoms with Crippen LogP contribution >= 0.6 is 0 Å². The maximum Gasteiger partial charge on any atom is 0.525 e. The van der Waals surface area contributed by atoms with Crippen LogP contribution in [-0.4, -0.2) is 61.2 Å². The third kappa shape index (κ3) is 4.06. The molecule has 0 spiro atoms. The number of para-hydroxylation sites is 1. The Bertz CT molecular complexity index is 706. The van der Waals surface area contributed by atoms with Crippen LogP contribution in [0, 0.1) is 0 Å². The van der Waals surface area contributed by atoms with Crippen LogP contribution in [-0.2, 0) is 9.31 Å². The maximum atomic E-state index is 15.7. The van der Waals surface area contributed by atoms with Crippen LogP contribution < -0.4 is 4.74 Å². The Morgan fingerprint density at radius 2 is 1.89 bits per heavy atom. The molecule has 2 saturated heterocycles. The molecule has 1 N–H and O–H groups in total. The van der Waals surface area contributed by atoms with E-state index in [1.807, 2.05) is 56.9 Å². The van der Waals surface area contributed by atoms with Crippen LogP contribution in [0.4, 0.5) is 4.39 Å². The maximum absolute atomic E-state index is 15.7. The molecule has 2 fully saturated rings. The van der Waals surface area contributed by atoms with Crippen molar-refractivity contribution in [2.45, 2.75) is 51.4 Å². The summed E-state index contributed by atoms with van der Waals surface area (Å²) < 4.78 is 33.0. The summed E-state index contributed by atoms with van der Waals surface area (Å²) in [5, 5.41) is 9.85. The van der Waals surface area contributed by atoms with Crippen LogP contribution in [0.25, 0.3) is 5.57 Å². The average Bonchev–Trinajstić information content (AvgIpc) is 3.11. The van der Waals surface area contributed by atoms with Crippen LogP contribution in [0.15, 0.2) is 30.0 Å². The van der Waals surface area contributed by atoms with E-state index >= 15 is 4.39 Å². The van der Waals surface area contributed by atoms with Gasteiger partial charge in [-0.05, 0) is 40.2 Å². The number of hydrogen-bond acceptors (Lipinski definition) is 5. The van der Waals surface area contributed by atoms with Gasteiger partial charge >= 0.3 is 7.12 Å². The molecule has 1 atom stereocenters. The quantitative estimate of drug-likeness (QED) is 0.800. The van der Waals surface area contributed by atoms with E-state index in [2.05, 4.69) is 0 Å². The highest BCUT2D eigenvalue weighted by atomic mass is 19.1. The molecule has 2 heterocycles. The van der Waals surface area contributed by atoms with E-state index in [9.17, 15) is 5.11 Å². The Hall–Kier alpha value is -1.41. The molecule has 27 heavy (non-hydrogen) atoms. The van der Waals surface area contributed by atoms with Crippen molar-refractivity contribution in [2.75, 3.05) is 26.7 Å². The van der Waals surface area contributed by atoms with Crippen LogP contribution in [0.5, 0.6) is 5.75 Å². The van der Waals surface area contributed by atoms with Gasteiger partial charge < -0.3 is 19.2 Å². The van der Waals surface area contributed by atoms with Crippen LogP contribution in [0.3, 0.4) is 0 Å². The first-order valence-corrected chi connectivity index (χ1v) is 9.42. The van der Waals surface area contributed by atoms with Gasteiger partial charge in [0.1, 0.15) is 11.5 Å². The minimum Gasteiger partial charge on any atom is -0.496 e. The number of rotatable bonds is 5. The number of aliphatic hydroxyl groups is 1. The molecule has 2 aliphatic heterocycles. The first-order valence-electron chi connectivity index (χ1n) is 9.42. The Balaban J connectivity index is 1.99.